The van der Waals surface area contributed by atoms with Gasteiger partial charge in [0, 0.05) is 32.0 Å². The van der Waals surface area contributed by atoms with Crippen molar-refractivity contribution in [1.82, 2.24) is 0 Å². The second-order valence-electron chi connectivity index (χ2n) is 9.10. The third kappa shape index (κ3) is 8.27. The molecule has 3 rings (SSSR count). The van der Waals surface area contributed by atoms with Crippen molar-refractivity contribution < 1.29 is 14.3 Å². The minimum atomic E-state index is -0.0231. The van der Waals surface area contributed by atoms with Gasteiger partial charge in [-0.25, -0.2) is 0 Å². The lowest BCUT2D eigenvalue weighted by molar-refractivity contribution is -0.946. The molecule has 3 heteroatoms. The molecule has 0 radical (unpaired) electrons. The monoisotopic (exact) mass is 368 g/mol. The molecule has 3 aliphatic heterocycles. The Morgan fingerprint density at radius 2 is 1.31 bits per heavy atom. The average Bonchev–Trinajstić information content (AvgIpc) is 2.65. The molecule has 0 amide bonds. The van der Waals surface area contributed by atoms with Crippen LogP contribution in [-0.4, -0.2) is 55.1 Å². The number of quaternary nitrogens is 1. The van der Waals surface area contributed by atoms with E-state index >= 15 is 0 Å². The minimum Gasteiger partial charge on any atom is -0.387 e. The highest BCUT2D eigenvalue weighted by Gasteiger charge is 2.44. The van der Waals surface area contributed by atoms with Crippen molar-refractivity contribution in [2.45, 2.75) is 103 Å². The lowest BCUT2D eigenvalue weighted by atomic mass is 9.83. The van der Waals surface area contributed by atoms with Gasteiger partial charge in [0.1, 0.15) is 12.6 Å². The van der Waals surface area contributed by atoms with E-state index in [9.17, 15) is 5.11 Å². The van der Waals surface area contributed by atoms with Crippen LogP contribution in [0.4, 0.5) is 0 Å². The molecule has 154 valence electrons. The maximum atomic E-state index is 10.1. The molecule has 3 nitrogen and oxygen atoms in total. The van der Waals surface area contributed by atoms with E-state index in [4.69, 9.17) is 4.74 Å². The molecular weight excluding hydrogens is 322 g/mol. The summed E-state index contributed by atoms with van der Waals surface area (Å²) in [5.74, 6) is 0.611. The molecule has 0 aromatic heterocycles. The van der Waals surface area contributed by atoms with Gasteiger partial charge in [0.2, 0.25) is 0 Å². The van der Waals surface area contributed by atoms with Crippen LogP contribution in [0.1, 0.15) is 96.8 Å². The van der Waals surface area contributed by atoms with Gasteiger partial charge in [-0.3, -0.25) is 0 Å². The Bertz CT molecular complexity index is 339. The number of ether oxygens (including phenoxy) is 1. The van der Waals surface area contributed by atoms with Crippen LogP contribution in [0.3, 0.4) is 0 Å². The third-order valence-corrected chi connectivity index (χ3v) is 6.88. The van der Waals surface area contributed by atoms with Gasteiger partial charge in [-0.05, 0) is 19.3 Å². The molecule has 3 heterocycles. The van der Waals surface area contributed by atoms with Crippen molar-refractivity contribution >= 4 is 0 Å². The van der Waals surface area contributed by atoms with Gasteiger partial charge in [-0.1, -0.05) is 64.7 Å². The first-order valence-electron chi connectivity index (χ1n) is 11.9. The summed E-state index contributed by atoms with van der Waals surface area (Å²) < 4.78 is 7.03. The standard InChI is InChI=1S/C23H46NO2/c1-2-3-4-5-6-7-8-9-10-12-19-26-20-13-11-16-24-17-14-22(15-18-24)23(25)21-24/h22-23,25H,2-21H2,1H3/q+1/t22?,23-,24?/m1/s1. The summed E-state index contributed by atoms with van der Waals surface area (Å²) in [5.41, 5.74) is 0. The molecule has 0 aromatic rings. The van der Waals surface area contributed by atoms with Crippen LogP contribution in [0.2, 0.25) is 0 Å². The maximum absolute atomic E-state index is 10.1. The maximum Gasteiger partial charge on any atom is 0.106 e. The molecule has 3 aliphatic rings. The second kappa shape index (κ2) is 13.1. The number of aliphatic hydroxyl groups is 1. The highest BCUT2D eigenvalue weighted by molar-refractivity contribution is 4.79. The molecule has 0 spiro atoms. The van der Waals surface area contributed by atoms with Gasteiger partial charge in [0.05, 0.1) is 19.6 Å². The van der Waals surface area contributed by atoms with E-state index < -0.39 is 0 Å². The van der Waals surface area contributed by atoms with Crippen LogP contribution >= 0.6 is 0 Å². The normalized spacial score (nSPS) is 27.9. The summed E-state index contributed by atoms with van der Waals surface area (Å²) in [5, 5.41) is 10.1. The lowest BCUT2D eigenvalue weighted by Crippen LogP contribution is -2.63. The van der Waals surface area contributed by atoms with E-state index in [2.05, 4.69) is 6.92 Å². The van der Waals surface area contributed by atoms with Gasteiger partial charge >= 0.3 is 0 Å². The van der Waals surface area contributed by atoms with E-state index in [1.54, 1.807) is 0 Å². The highest BCUT2D eigenvalue weighted by atomic mass is 16.5. The zero-order valence-electron chi connectivity index (χ0n) is 17.6. The number of aliphatic hydroxyl groups excluding tert-OH is 1. The number of hydrogen-bond acceptors (Lipinski definition) is 2. The number of fused-ring (bicyclic) bond motifs is 3. The van der Waals surface area contributed by atoms with Crippen molar-refractivity contribution in [3.8, 4) is 0 Å². The molecule has 2 bridgehead atoms. The molecule has 0 unspecified atom stereocenters. The van der Waals surface area contributed by atoms with Crippen LogP contribution in [0.25, 0.3) is 0 Å². The Hall–Kier alpha value is -0.120. The minimum absolute atomic E-state index is 0.0231. The number of unbranched alkanes of at least 4 members (excludes halogenated alkanes) is 10. The fraction of sp³-hybridized carbons (Fsp3) is 1.00. The summed E-state index contributed by atoms with van der Waals surface area (Å²) >= 11 is 0. The molecule has 1 atom stereocenters. The molecule has 1 N–H and O–H groups in total. The third-order valence-electron chi connectivity index (χ3n) is 6.88. The van der Waals surface area contributed by atoms with Crippen LogP contribution in [0, 0.1) is 5.92 Å². The molecule has 0 aliphatic carbocycles. The van der Waals surface area contributed by atoms with Crippen molar-refractivity contribution in [3.63, 3.8) is 0 Å². The fourth-order valence-electron chi connectivity index (χ4n) is 5.01. The Morgan fingerprint density at radius 3 is 1.88 bits per heavy atom. The summed E-state index contributed by atoms with van der Waals surface area (Å²) in [6.07, 6.45) is 18.8. The Labute approximate surface area is 163 Å². The van der Waals surface area contributed by atoms with Crippen LogP contribution in [0.5, 0.6) is 0 Å². The van der Waals surface area contributed by atoms with Crippen molar-refractivity contribution in [3.05, 3.63) is 0 Å². The predicted octanol–water partition coefficient (Wildman–Crippen LogP) is 5.31. The van der Waals surface area contributed by atoms with Crippen LogP contribution in [0.15, 0.2) is 0 Å². The van der Waals surface area contributed by atoms with E-state index in [0.717, 1.165) is 19.8 Å². The Morgan fingerprint density at radius 1 is 0.769 bits per heavy atom. The topological polar surface area (TPSA) is 29.5 Å². The van der Waals surface area contributed by atoms with Crippen molar-refractivity contribution in [2.24, 2.45) is 5.92 Å². The lowest BCUT2D eigenvalue weighted by Gasteiger charge is -2.51. The van der Waals surface area contributed by atoms with Gasteiger partial charge < -0.3 is 14.3 Å². The van der Waals surface area contributed by atoms with E-state index in [0.29, 0.717) is 5.92 Å². The van der Waals surface area contributed by atoms with Crippen LogP contribution in [-0.2, 0) is 4.74 Å². The van der Waals surface area contributed by atoms with Gasteiger partial charge in [-0.15, -0.1) is 0 Å². The highest BCUT2D eigenvalue weighted by Crippen LogP contribution is 2.34. The second-order valence-corrected chi connectivity index (χ2v) is 9.10. The van der Waals surface area contributed by atoms with Crippen LogP contribution < -0.4 is 0 Å². The van der Waals surface area contributed by atoms with Gasteiger partial charge in [-0.2, -0.15) is 0 Å². The molecule has 0 aromatic carbocycles. The Kier molecular flexibility index (Phi) is 11.2. The zero-order chi connectivity index (χ0) is 18.5. The molecule has 0 saturated carbocycles. The molecule has 3 saturated heterocycles. The summed E-state index contributed by atoms with van der Waals surface area (Å²) in [4.78, 5) is 0. The summed E-state index contributed by atoms with van der Waals surface area (Å²) in [6.45, 7) is 9.06. The van der Waals surface area contributed by atoms with Crippen molar-refractivity contribution in [1.29, 1.82) is 0 Å². The van der Waals surface area contributed by atoms with E-state index in [1.165, 1.54) is 114 Å². The Balaban J connectivity index is 1.31. The molecule has 3 fully saturated rings. The summed E-state index contributed by atoms with van der Waals surface area (Å²) in [7, 11) is 0. The summed E-state index contributed by atoms with van der Waals surface area (Å²) in [6, 6.07) is 0. The van der Waals surface area contributed by atoms with Gasteiger partial charge in [0.15, 0.2) is 0 Å². The largest absolute Gasteiger partial charge is 0.387 e. The average molecular weight is 369 g/mol. The number of piperidine rings is 3. The predicted molar refractivity (Wildman–Crippen MR) is 110 cm³/mol. The fourth-order valence-corrected chi connectivity index (χ4v) is 5.01. The number of nitrogens with zero attached hydrogens (tertiary/aromatic N) is 1. The van der Waals surface area contributed by atoms with Crippen molar-refractivity contribution in [2.75, 3.05) is 39.4 Å². The first-order chi connectivity index (χ1) is 12.8. The first-order valence-corrected chi connectivity index (χ1v) is 11.9. The van der Waals surface area contributed by atoms with E-state index in [1.807, 2.05) is 0 Å². The van der Waals surface area contributed by atoms with E-state index in [-0.39, 0.29) is 6.10 Å². The molecule has 26 heavy (non-hydrogen) atoms. The van der Waals surface area contributed by atoms with Gasteiger partial charge in [0.25, 0.3) is 0 Å². The quantitative estimate of drug-likeness (QED) is 0.296. The zero-order valence-corrected chi connectivity index (χ0v) is 17.6. The number of rotatable bonds is 16. The number of hydrogen-bond donors (Lipinski definition) is 1. The smallest absolute Gasteiger partial charge is 0.106 e. The SMILES string of the molecule is CCCCCCCCCCCCOCCCC[N+]12CCC(CC1)[C@H](O)C2. The molecular formula is C23H46NO2+. The first kappa shape index (κ1) is 22.2.